The van der Waals surface area contributed by atoms with Crippen molar-refractivity contribution in [3.05, 3.63) is 89.0 Å². The molecule has 0 saturated carbocycles. The lowest BCUT2D eigenvalue weighted by molar-refractivity contribution is 0.0932. The van der Waals surface area contributed by atoms with Crippen LogP contribution in [0.4, 0.5) is 14.5 Å². The van der Waals surface area contributed by atoms with Gasteiger partial charge in [-0.3, -0.25) is 4.79 Å². The van der Waals surface area contributed by atoms with Crippen LogP contribution in [-0.4, -0.2) is 41.2 Å². The lowest BCUT2D eigenvalue weighted by Gasteiger charge is -2.27. The van der Waals surface area contributed by atoms with E-state index in [4.69, 9.17) is 4.99 Å². The third kappa shape index (κ3) is 5.10. The quantitative estimate of drug-likeness (QED) is 0.352. The summed E-state index contributed by atoms with van der Waals surface area (Å²) in [5.41, 5.74) is 3.72. The topological polar surface area (TPSA) is 44.7 Å². The third-order valence-electron chi connectivity index (χ3n) is 6.67. The molecule has 35 heavy (non-hydrogen) atoms. The van der Waals surface area contributed by atoms with Crippen LogP contribution in [-0.2, 0) is 6.42 Å². The Bertz CT molecular complexity index is 1290. The normalized spacial score (nSPS) is 17.9. The van der Waals surface area contributed by atoms with Crippen molar-refractivity contribution >= 4 is 29.2 Å². The summed E-state index contributed by atoms with van der Waals surface area (Å²) in [5.74, 6) is 1.65. The van der Waals surface area contributed by atoms with Crippen molar-refractivity contribution in [2.24, 2.45) is 4.99 Å². The number of amides is 1. The summed E-state index contributed by atoms with van der Waals surface area (Å²) in [6, 6.07) is 16.3. The van der Waals surface area contributed by atoms with Crippen molar-refractivity contribution in [3.63, 3.8) is 0 Å². The van der Waals surface area contributed by atoms with E-state index in [1.807, 2.05) is 30.8 Å². The number of aryl methyl sites for hydroxylation is 1. The van der Waals surface area contributed by atoms with Gasteiger partial charge in [-0.2, -0.15) is 11.8 Å². The van der Waals surface area contributed by atoms with Gasteiger partial charge in [0.15, 0.2) is 0 Å². The van der Waals surface area contributed by atoms with Crippen LogP contribution >= 0.6 is 11.8 Å². The molecule has 0 bridgehead atoms. The Kier molecular flexibility index (Phi) is 6.86. The highest BCUT2D eigenvalue weighted by Gasteiger charge is 2.26. The Balaban J connectivity index is 1.33. The molecule has 180 valence electrons. The molecule has 4 nitrogen and oxygen atoms in total. The van der Waals surface area contributed by atoms with Gasteiger partial charge in [-0.25, -0.2) is 13.8 Å². The second kappa shape index (κ2) is 10.2. The summed E-state index contributed by atoms with van der Waals surface area (Å²) in [4.78, 5) is 20.1. The van der Waals surface area contributed by atoms with Gasteiger partial charge in [0.05, 0.1) is 17.3 Å². The molecule has 1 heterocycles. The van der Waals surface area contributed by atoms with Gasteiger partial charge in [-0.15, -0.1) is 0 Å². The number of rotatable bonds is 4. The van der Waals surface area contributed by atoms with Crippen LogP contribution in [0.3, 0.4) is 0 Å². The molecule has 1 saturated heterocycles. The SMILES string of the molecule is CC(=Nc1ccc2c(c1)C(NC(=O)c1ccc(-c3ccccc3F)cc1F)CC2)N1CCSCC1. The maximum absolute atomic E-state index is 14.9. The average Bonchev–Trinajstić information content (AvgIpc) is 3.26. The maximum Gasteiger partial charge on any atom is 0.254 e. The van der Waals surface area contributed by atoms with Gasteiger partial charge in [0, 0.05) is 30.2 Å². The molecular weight excluding hydrogens is 464 g/mol. The molecule has 3 aromatic carbocycles. The van der Waals surface area contributed by atoms with Gasteiger partial charge in [-0.05, 0) is 66.8 Å². The van der Waals surface area contributed by atoms with Gasteiger partial charge in [0.1, 0.15) is 17.5 Å². The minimum Gasteiger partial charge on any atom is -0.359 e. The lowest BCUT2D eigenvalue weighted by atomic mass is 10.0. The number of carbonyl (C=O) groups excluding carboxylic acids is 1. The molecule has 1 fully saturated rings. The fourth-order valence-corrected chi connectivity index (χ4v) is 5.65. The molecule has 1 aliphatic carbocycles. The summed E-state index contributed by atoms with van der Waals surface area (Å²) in [7, 11) is 0. The van der Waals surface area contributed by atoms with Gasteiger partial charge in [0.2, 0.25) is 0 Å². The van der Waals surface area contributed by atoms with Crippen LogP contribution < -0.4 is 5.32 Å². The predicted octanol–water partition coefficient (Wildman–Crippen LogP) is 6.15. The third-order valence-corrected chi connectivity index (χ3v) is 7.61. The highest BCUT2D eigenvalue weighted by Crippen LogP contribution is 2.34. The Labute approximate surface area is 208 Å². The fraction of sp³-hybridized carbons (Fsp3) is 0.286. The molecule has 0 spiro atoms. The molecule has 7 heteroatoms. The van der Waals surface area contributed by atoms with E-state index in [0.717, 1.165) is 54.5 Å². The molecule has 1 atom stereocenters. The van der Waals surface area contributed by atoms with E-state index in [0.29, 0.717) is 11.1 Å². The van der Waals surface area contributed by atoms with Crippen molar-refractivity contribution in [1.82, 2.24) is 10.2 Å². The van der Waals surface area contributed by atoms with Gasteiger partial charge < -0.3 is 10.2 Å². The first-order valence-corrected chi connectivity index (χ1v) is 13.0. The van der Waals surface area contributed by atoms with Gasteiger partial charge >= 0.3 is 0 Å². The smallest absolute Gasteiger partial charge is 0.254 e. The van der Waals surface area contributed by atoms with Gasteiger partial charge in [0.25, 0.3) is 5.91 Å². The van der Waals surface area contributed by atoms with Crippen molar-refractivity contribution < 1.29 is 13.6 Å². The molecule has 0 aromatic heterocycles. The molecule has 1 amide bonds. The summed E-state index contributed by atoms with van der Waals surface area (Å²) >= 11 is 1.96. The Morgan fingerprint density at radius 2 is 1.83 bits per heavy atom. The van der Waals surface area contributed by atoms with Crippen LogP contribution in [0.15, 0.2) is 65.7 Å². The zero-order valence-corrected chi connectivity index (χ0v) is 20.4. The lowest BCUT2D eigenvalue weighted by Crippen LogP contribution is -2.36. The van der Waals surface area contributed by atoms with Gasteiger partial charge in [-0.1, -0.05) is 30.3 Å². The Hall–Kier alpha value is -3.19. The largest absolute Gasteiger partial charge is 0.359 e. The molecule has 2 aliphatic rings. The first-order valence-electron chi connectivity index (χ1n) is 11.9. The van der Waals surface area contributed by atoms with Crippen LogP contribution in [0.5, 0.6) is 0 Å². The maximum atomic E-state index is 14.9. The summed E-state index contributed by atoms with van der Waals surface area (Å²) in [6.07, 6.45) is 1.60. The fourth-order valence-electron chi connectivity index (χ4n) is 4.75. The van der Waals surface area contributed by atoms with E-state index >= 15 is 0 Å². The first-order chi connectivity index (χ1) is 17.0. The molecule has 1 N–H and O–H groups in total. The van der Waals surface area contributed by atoms with Crippen LogP contribution in [0.25, 0.3) is 11.1 Å². The van der Waals surface area contributed by atoms with E-state index in [1.165, 1.54) is 23.8 Å². The van der Waals surface area contributed by atoms with Crippen LogP contribution in [0.2, 0.25) is 0 Å². The minimum atomic E-state index is -0.671. The van der Waals surface area contributed by atoms with E-state index in [2.05, 4.69) is 16.3 Å². The molecule has 0 radical (unpaired) electrons. The Morgan fingerprint density at radius 1 is 1.03 bits per heavy atom. The number of halogens is 2. The van der Waals surface area contributed by atoms with Crippen molar-refractivity contribution in [3.8, 4) is 11.1 Å². The number of nitrogens with one attached hydrogen (secondary N) is 1. The van der Waals surface area contributed by atoms with E-state index in [1.54, 1.807) is 24.3 Å². The number of benzene rings is 3. The van der Waals surface area contributed by atoms with E-state index in [9.17, 15) is 13.6 Å². The van der Waals surface area contributed by atoms with E-state index < -0.39 is 17.5 Å². The number of hydrogen-bond acceptors (Lipinski definition) is 3. The highest BCUT2D eigenvalue weighted by atomic mass is 32.2. The zero-order chi connectivity index (χ0) is 24.4. The summed E-state index contributed by atoms with van der Waals surface area (Å²) in [5, 5.41) is 2.99. The minimum absolute atomic E-state index is 0.0495. The zero-order valence-electron chi connectivity index (χ0n) is 19.6. The molecule has 1 aliphatic heterocycles. The van der Waals surface area contributed by atoms with Crippen LogP contribution in [0.1, 0.15) is 40.9 Å². The van der Waals surface area contributed by atoms with Crippen molar-refractivity contribution in [2.45, 2.75) is 25.8 Å². The monoisotopic (exact) mass is 491 g/mol. The highest BCUT2D eigenvalue weighted by molar-refractivity contribution is 7.99. The van der Waals surface area contributed by atoms with Crippen LogP contribution in [0, 0.1) is 11.6 Å². The number of carbonyl (C=O) groups is 1. The summed E-state index contributed by atoms with van der Waals surface area (Å²) < 4.78 is 28.9. The van der Waals surface area contributed by atoms with Crippen molar-refractivity contribution in [2.75, 3.05) is 24.6 Å². The number of amidine groups is 1. The number of nitrogens with zero attached hydrogens (tertiary/aromatic N) is 2. The number of hydrogen-bond donors (Lipinski definition) is 1. The number of fused-ring (bicyclic) bond motifs is 1. The average molecular weight is 492 g/mol. The van der Waals surface area contributed by atoms with Crippen molar-refractivity contribution in [1.29, 1.82) is 0 Å². The standard InChI is InChI=1S/C28H27F2N3OS/c1-18(33-12-14-35-15-13-33)31-21-9-6-19-8-11-27(24(19)17-21)32-28(34)23-10-7-20(16-26(23)30)22-4-2-3-5-25(22)29/h2-7,9-10,16-17,27H,8,11-15H2,1H3,(H,32,34). The predicted molar refractivity (Wildman–Crippen MR) is 138 cm³/mol. The molecule has 1 unspecified atom stereocenters. The molecular formula is C28H27F2N3OS. The summed E-state index contributed by atoms with van der Waals surface area (Å²) in [6.45, 7) is 4.05. The molecule has 3 aromatic rings. The number of thioether (sulfide) groups is 1. The first kappa shape index (κ1) is 23.5. The second-order valence-electron chi connectivity index (χ2n) is 8.88. The number of aliphatic imine (C=N–C) groups is 1. The second-order valence-corrected chi connectivity index (χ2v) is 10.1. The molecule has 5 rings (SSSR count). The Morgan fingerprint density at radius 3 is 2.60 bits per heavy atom. The van der Waals surface area contributed by atoms with E-state index in [-0.39, 0.29) is 11.6 Å².